The van der Waals surface area contributed by atoms with Gasteiger partial charge in [-0.25, -0.2) is 9.52 Å². The van der Waals surface area contributed by atoms with Gasteiger partial charge < -0.3 is 6.16 Å². The van der Waals surface area contributed by atoms with Crippen LogP contribution < -0.4 is 23.6 Å². The van der Waals surface area contributed by atoms with Crippen molar-refractivity contribution in [1.29, 1.82) is 0 Å². The molecule has 1 N–H and O–H groups in total. The number of unbranched alkanes of at least 4 members (excludes halogenated alkanes) is 1. The molecule has 0 fully saturated rings. The molecule has 0 atom stereocenters. The van der Waals surface area contributed by atoms with Crippen molar-refractivity contribution in [1.82, 2.24) is 4.72 Å². The van der Waals surface area contributed by atoms with Gasteiger partial charge in [-0.15, -0.1) is 0 Å². The smallest absolute Gasteiger partial charge is 1.00 e. The molecule has 0 unspecified atom stereocenters. The number of hydrogen-bond donors (Lipinski definition) is 1. The summed E-state index contributed by atoms with van der Waals surface area (Å²) < 4.78 is 60.8. The Kier molecular flexibility index (Phi) is 7.91. The van der Waals surface area contributed by atoms with Crippen LogP contribution in [0.25, 0.3) is 0 Å². The average molecular weight is 257 g/mol. The second-order valence-electron chi connectivity index (χ2n) is 2.54. The first-order valence-corrected chi connectivity index (χ1v) is 5.45. The molecule has 0 aromatic carbocycles. The number of amides is 1. The quantitative estimate of drug-likeness (QED) is 0.490. The average Bonchev–Trinajstić information content (AvgIpc) is 2.01. The molecule has 0 rings (SSSR count). The number of nitrogens with one attached hydrogen (secondary N) is 1. The molecule has 10 heteroatoms. The fourth-order valence-electron chi connectivity index (χ4n) is 0.506. The van der Waals surface area contributed by atoms with E-state index in [1.54, 1.807) is 6.92 Å². The molecule has 0 spiro atoms. The monoisotopic (exact) mass is 257 g/mol. The first-order valence-electron chi connectivity index (χ1n) is 3.96. The van der Waals surface area contributed by atoms with Crippen molar-refractivity contribution in [3.63, 3.8) is 0 Å². The molecule has 0 aliphatic heterocycles. The third-order valence-electron chi connectivity index (χ3n) is 1.25. The van der Waals surface area contributed by atoms with Gasteiger partial charge in [0.05, 0.1) is 6.61 Å². The number of carbonyl (C=O) groups is 1. The van der Waals surface area contributed by atoms with Gasteiger partial charge in [-0.05, 0) is 6.42 Å². The van der Waals surface area contributed by atoms with Gasteiger partial charge in [-0.3, -0.25) is 0 Å². The minimum atomic E-state index is -5.66. The maximum Gasteiger partial charge on any atom is 1.00 e. The molecule has 1 amide bonds. The number of carbonyl (C=O) groups excluding carboxylic acids is 1. The van der Waals surface area contributed by atoms with Crippen LogP contribution >= 0.6 is 0 Å². The van der Waals surface area contributed by atoms with Gasteiger partial charge in [-0.1, -0.05) is 13.3 Å². The molecule has 0 aliphatic rings. The third kappa shape index (κ3) is 6.25. The van der Waals surface area contributed by atoms with E-state index >= 15 is 0 Å². The first kappa shape index (κ1) is 18.0. The summed E-state index contributed by atoms with van der Waals surface area (Å²) in [6.45, 7) is 1.64. The molecule has 0 aromatic heterocycles. The third-order valence-corrected chi connectivity index (χ3v) is 2.30. The summed E-state index contributed by atoms with van der Waals surface area (Å²) in [5, 5.41) is 0. The number of halogens is 3. The summed E-state index contributed by atoms with van der Waals surface area (Å²) in [4.78, 5) is 10.6. The molecule has 0 radical (unpaired) electrons. The van der Waals surface area contributed by atoms with Gasteiger partial charge in [-0.2, -0.15) is 21.6 Å². The van der Waals surface area contributed by atoms with E-state index in [0.29, 0.717) is 12.8 Å². The predicted molar refractivity (Wildman–Crippen MR) is 45.5 cm³/mol. The van der Waals surface area contributed by atoms with Crippen LogP contribution in [0.4, 0.5) is 18.0 Å². The van der Waals surface area contributed by atoms with Crippen molar-refractivity contribution < 1.29 is 51.4 Å². The zero-order chi connectivity index (χ0) is 12.1. The normalized spacial score (nSPS) is 11.5. The molecule has 16 heavy (non-hydrogen) atoms. The van der Waals surface area contributed by atoms with Crippen LogP contribution in [-0.2, 0) is 14.8 Å². The van der Waals surface area contributed by atoms with Gasteiger partial charge in [0.2, 0.25) is 0 Å². The van der Waals surface area contributed by atoms with Crippen LogP contribution in [0.15, 0.2) is 0 Å². The zero-order valence-corrected chi connectivity index (χ0v) is 9.61. The summed E-state index contributed by atoms with van der Waals surface area (Å²) in [5.41, 5.74) is -5.52. The molecule has 0 bridgehead atoms. The predicted octanol–water partition coefficient (Wildman–Crippen LogP) is -1.52. The number of rotatable bonds is 4. The Morgan fingerprint density at radius 3 is 2.31 bits per heavy atom. The summed E-state index contributed by atoms with van der Waals surface area (Å²) in [5.74, 6) is 0. The first-order chi connectivity index (χ1) is 6.70. The molecule has 5 nitrogen and oxygen atoms in total. The summed E-state index contributed by atoms with van der Waals surface area (Å²) >= 11 is 0. The fraction of sp³-hybridized carbons (Fsp3) is 0.833. The van der Waals surface area contributed by atoms with Crippen LogP contribution in [0.1, 0.15) is 21.2 Å². The van der Waals surface area contributed by atoms with E-state index in [9.17, 15) is 26.4 Å². The van der Waals surface area contributed by atoms with Crippen LogP contribution in [0.2, 0.25) is 0 Å². The number of ether oxygens (including phenoxy) is 1. The molecule has 0 saturated heterocycles. The molecular weight excluding hydrogens is 246 g/mol. The van der Waals surface area contributed by atoms with Crippen molar-refractivity contribution in [2.24, 2.45) is 0 Å². The van der Waals surface area contributed by atoms with Crippen molar-refractivity contribution in [2.45, 2.75) is 25.3 Å². The number of sulfonamides is 1. The Balaban J connectivity index is -0.000000980. The number of hydrogen-bond acceptors (Lipinski definition) is 4. The standard InChI is InChI=1S/C6H10F3NO4S.Li.H/c1-2-3-4-14-5(11)10-15(12,13)6(7,8)9;;/h2-4H2,1H3,(H,10,11);;/q;+1;-1. The Morgan fingerprint density at radius 1 is 1.44 bits per heavy atom. The van der Waals surface area contributed by atoms with Crippen molar-refractivity contribution in [3.05, 3.63) is 0 Å². The summed E-state index contributed by atoms with van der Waals surface area (Å²) in [7, 11) is -5.66. The van der Waals surface area contributed by atoms with Crippen molar-refractivity contribution in [3.8, 4) is 0 Å². The minimum absolute atomic E-state index is 0. The summed E-state index contributed by atoms with van der Waals surface area (Å²) in [6, 6.07) is 0. The van der Waals surface area contributed by atoms with Gasteiger partial charge in [0, 0.05) is 0 Å². The van der Waals surface area contributed by atoms with Crippen LogP contribution in [0.3, 0.4) is 0 Å². The van der Waals surface area contributed by atoms with Gasteiger partial charge in [0.25, 0.3) is 0 Å². The Labute approximate surface area is 104 Å². The van der Waals surface area contributed by atoms with E-state index in [-0.39, 0.29) is 26.9 Å². The van der Waals surface area contributed by atoms with E-state index in [1.807, 2.05) is 0 Å². The van der Waals surface area contributed by atoms with E-state index in [4.69, 9.17) is 0 Å². The molecule has 92 valence electrons. The second kappa shape index (κ2) is 7.04. The van der Waals surface area contributed by atoms with Gasteiger partial charge in [0.1, 0.15) is 0 Å². The fourth-order valence-corrected chi connectivity index (χ4v) is 0.900. The van der Waals surface area contributed by atoms with Gasteiger partial charge >= 0.3 is 40.5 Å². The minimum Gasteiger partial charge on any atom is -1.00 e. The molecule has 0 saturated carbocycles. The zero-order valence-electron chi connectivity index (χ0n) is 9.80. The van der Waals surface area contributed by atoms with Crippen molar-refractivity contribution >= 4 is 16.1 Å². The van der Waals surface area contributed by atoms with Crippen LogP contribution in [0.5, 0.6) is 0 Å². The Morgan fingerprint density at radius 2 is 1.94 bits per heavy atom. The van der Waals surface area contributed by atoms with E-state index in [0.717, 1.165) is 4.72 Å². The maximum atomic E-state index is 11.7. The van der Waals surface area contributed by atoms with E-state index in [1.165, 1.54) is 0 Å². The second-order valence-corrected chi connectivity index (χ2v) is 4.21. The van der Waals surface area contributed by atoms with Crippen LogP contribution in [-0.4, -0.2) is 26.6 Å². The van der Waals surface area contributed by atoms with Crippen molar-refractivity contribution in [2.75, 3.05) is 6.61 Å². The molecule has 0 aliphatic carbocycles. The van der Waals surface area contributed by atoms with Crippen LogP contribution in [0, 0.1) is 0 Å². The summed E-state index contributed by atoms with van der Waals surface area (Å²) in [6.07, 6.45) is -0.514. The van der Waals surface area contributed by atoms with E-state index < -0.39 is 21.6 Å². The maximum absolute atomic E-state index is 11.7. The topological polar surface area (TPSA) is 72.5 Å². The Bertz CT molecular complexity index is 322. The SMILES string of the molecule is CCCCOC(=O)NS(=O)(=O)C(F)(F)F.[H-].[Li+]. The molecule has 0 aromatic rings. The number of alkyl halides is 3. The van der Waals surface area contributed by atoms with E-state index in [2.05, 4.69) is 4.74 Å². The molecule has 0 heterocycles. The molecular formula is C6H11F3LiNO4S. The van der Waals surface area contributed by atoms with Gasteiger partial charge in [0.15, 0.2) is 0 Å². The Hall–Kier alpha value is -0.393. The largest absolute Gasteiger partial charge is 1.00 e.